The standard InChI is InChI=1S/C14H16N2O3S2/c1-16-10-7-9(19-6-5-18-2)3-4-11(10)21-14(16)12-13(17)15-8-20-12/h3-4,7H,5-6,8H2,1-2H3,(H,15,17). The molecule has 1 amide bonds. The van der Waals surface area contributed by atoms with Crippen LogP contribution in [-0.4, -0.2) is 39.2 Å². The zero-order chi connectivity index (χ0) is 14.8. The number of methoxy groups -OCH3 is 1. The Bertz CT molecular complexity index is 604. The summed E-state index contributed by atoms with van der Waals surface area (Å²) >= 11 is 3.18. The molecule has 0 unspecified atom stereocenters. The number of nitrogens with zero attached hydrogens (tertiary/aromatic N) is 1. The van der Waals surface area contributed by atoms with Gasteiger partial charge in [0.1, 0.15) is 17.3 Å². The lowest BCUT2D eigenvalue weighted by Gasteiger charge is -2.15. The summed E-state index contributed by atoms with van der Waals surface area (Å²) in [5.41, 5.74) is 1.07. The van der Waals surface area contributed by atoms with E-state index in [2.05, 4.69) is 10.2 Å². The molecule has 0 bridgehead atoms. The zero-order valence-electron chi connectivity index (χ0n) is 11.8. The van der Waals surface area contributed by atoms with Crippen molar-refractivity contribution in [3.63, 3.8) is 0 Å². The number of amides is 1. The van der Waals surface area contributed by atoms with Crippen LogP contribution in [0, 0.1) is 0 Å². The Kier molecular flexibility index (Phi) is 4.32. The van der Waals surface area contributed by atoms with E-state index in [1.165, 1.54) is 0 Å². The molecule has 0 atom stereocenters. The maximum atomic E-state index is 11.8. The smallest absolute Gasteiger partial charge is 0.261 e. The molecule has 5 nitrogen and oxygen atoms in total. The Morgan fingerprint density at radius 2 is 2.24 bits per heavy atom. The first-order chi connectivity index (χ1) is 10.2. The number of hydrogen-bond donors (Lipinski definition) is 1. The lowest BCUT2D eigenvalue weighted by atomic mass is 10.3. The Labute approximate surface area is 132 Å². The third-order valence-corrected chi connectivity index (χ3v) is 5.53. The average Bonchev–Trinajstić information content (AvgIpc) is 3.03. The summed E-state index contributed by atoms with van der Waals surface area (Å²) in [5.74, 6) is 1.47. The Hall–Kier alpha value is -1.31. The third-order valence-electron chi connectivity index (χ3n) is 3.21. The van der Waals surface area contributed by atoms with Gasteiger partial charge in [0.05, 0.1) is 23.2 Å². The second kappa shape index (κ2) is 6.21. The molecule has 1 aromatic rings. The van der Waals surface area contributed by atoms with Gasteiger partial charge < -0.3 is 19.7 Å². The van der Waals surface area contributed by atoms with Crippen LogP contribution < -0.4 is 15.0 Å². The molecule has 21 heavy (non-hydrogen) atoms. The van der Waals surface area contributed by atoms with Gasteiger partial charge in [0, 0.05) is 25.1 Å². The van der Waals surface area contributed by atoms with Crippen molar-refractivity contribution in [2.45, 2.75) is 4.90 Å². The van der Waals surface area contributed by atoms with Crippen LogP contribution in [0.15, 0.2) is 33.0 Å². The van der Waals surface area contributed by atoms with E-state index in [1.807, 2.05) is 25.2 Å². The van der Waals surface area contributed by atoms with Crippen molar-refractivity contribution < 1.29 is 14.3 Å². The van der Waals surface area contributed by atoms with Crippen molar-refractivity contribution in [3.05, 3.63) is 28.1 Å². The summed E-state index contributed by atoms with van der Waals surface area (Å²) in [7, 11) is 3.63. The highest BCUT2D eigenvalue weighted by Crippen LogP contribution is 2.49. The van der Waals surface area contributed by atoms with Crippen LogP contribution in [0.25, 0.3) is 0 Å². The number of rotatable bonds is 4. The van der Waals surface area contributed by atoms with E-state index in [0.717, 1.165) is 26.3 Å². The summed E-state index contributed by atoms with van der Waals surface area (Å²) in [6, 6.07) is 5.98. The number of carbonyl (C=O) groups is 1. The fourth-order valence-corrected chi connectivity index (χ4v) is 4.32. The largest absolute Gasteiger partial charge is 0.491 e. The monoisotopic (exact) mass is 324 g/mol. The summed E-state index contributed by atoms with van der Waals surface area (Å²) < 4.78 is 10.6. The highest BCUT2D eigenvalue weighted by molar-refractivity contribution is 8.08. The predicted molar refractivity (Wildman–Crippen MR) is 85.7 cm³/mol. The number of fused-ring (bicyclic) bond motifs is 1. The van der Waals surface area contributed by atoms with Gasteiger partial charge in [-0.2, -0.15) is 0 Å². The van der Waals surface area contributed by atoms with Crippen LogP contribution in [0.1, 0.15) is 0 Å². The van der Waals surface area contributed by atoms with Gasteiger partial charge >= 0.3 is 0 Å². The van der Waals surface area contributed by atoms with E-state index >= 15 is 0 Å². The Morgan fingerprint density at radius 3 is 2.95 bits per heavy atom. The number of anilines is 1. The first-order valence-corrected chi connectivity index (χ1v) is 8.33. The highest BCUT2D eigenvalue weighted by atomic mass is 32.2. The molecule has 1 saturated heterocycles. The SMILES string of the molecule is COCCOc1ccc2c(c1)N(C)C(=C1SCNC1=O)S2. The summed E-state index contributed by atoms with van der Waals surface area (Å²) in [5, 5.41) is 3.81. The minimum atomic E-state index is 0.0127. The van der Waals surface area contributed by atoms with Crippen LogP contribution >= 0.6 is 23.5 Å². The fourth-order valence-electron chi connectivity index (χ4n) is 2.14. The number of nitrogens with one attached hydrogen (secondary N) is 1. The highest BCUT2D eigenvalue weighted by Gasteiger charge is 2.31. The van der Waals surface area contributed by atoms with E-state index in [-0.39, 0.29) is 5.91 Å². The number of carbonyl (C=O) groups excluding carboxylic acids is 1. The molecule has 0 radical (unpaired) electrons. The first kappa shape index (κ1) is 14.6. The molecule has 2 aliphatic heterocycles. The molecule has 7 heteroatoms. The third kappa shape index (κ3) is 2.86. The molecule has 0 spiro atoms. The molecule has 2 aliphatic rings. The predicted octanol–water partition coefficient (Wildman–Crippen LogP) is 2.24. The van der Waals surface area contributed by atoms with Crippen LogP contribution in [0.4, 0.5) is 5.69 Å². The van der Waals surface area contributed by atoms with Gasteiger partial charge in [0.25, 0.3) is 5.91 Å². The summed E-state index contributed by atoms with van der Waals surface area (Å²) in [6.07, 6.45) is 0. The number of benzene rings is 1. The summed E-state index contributed by atoms with van der Waals surface area (Å²) in [6.45, 7) is 1.09. The van der Waals surface area contributed by atoms with Crippen molar-refractivity contribution >= 4 is 35.1 Å². The Morgan fingerprint density at radius 1 is 1.38 bits per heavy atom. The zero-order valence-corrected chi connectivity index (χ0v) is 13.5. The van der Waals surface area contributed by atoms with Crippen molar-refractivity contribution in [1.29, 1.82) is 0 Å². The van der Waals surface area contributed by atoms with Gasteiger partial charge in [-0.15, -0.1) is 0 Å². The van der Waals surface area contributed by atoms with Crippen LogP contribution in [-0.2, 0) is 9.53 Å². The molecular weight excluding hydrogens is 308 g/mol. The maximum Gasteiger partial charge on any atom is 0.261 e. The lowest BCUT2D eigenvalue weighted by Crippen LogP contribution is -2.18. The topological polar surface area (TPSA) is 50.8 Å². The van der Waals surface area contributed by atoms with Gasteiger partial charge in [-0.3, -0.25) is 4.79 Å². The molecule has 3 rings (SSSR count). The molecule has 0 aromatic heterocycles. The van der Waals surface area contributed by atoms with E-state index < -0.39 is 0 Å². The quantitative estimate of drug-likeness (QED) is 0.677. The van der Waals surface area contributed by atoms with Crippen LogP contribution in [0.2, 0.25) is 0 Å². The van der Waals surface area contributed by atoms with Crippen molar-refractivity contribution in [3.8, 4) is 5.75 Å². The normalized spacial score (nSPS) is 20.7. The second-order valence-corrected chi connectivity index (χ2v) is 6.58. The Balaban J connectivity index is 1.83. The minimum absolute atomic E-state index is 0.0127. The van der Waals surface area contributed by atoms with E-state index in [9.17, 15) is 4.79 Å². The van der Waals surface area contributed by atoms with E-state index in [1.54, 1.807) is 30.6 Å². The molecule has 0 saturated carbocycles. The summed E-state index contributed by atoms with van der Waals surface area (Å²) in [4.78, 5) is 15.8. The molecular formula is C14H16N2O3S2. The van der Waals surface area contributed by atoms with Gasteiger partial charge in [-0.1, -0.05) is 23.5 Å². The molecule has 0 aliphatic carbocycles. The van der Waals surface area contributed by atoms with Gasteiger partial charge in [-0.25, -0.2) is 0 Å². The van der Waals surface area contributed by atoms with Gasteiger partial charge in [0.2, 0.25) is 0 Å². The lowest BCUT2D eigenvalue weighted by molar-refractivity contribution is -0.116. The molecule has 1 N–H and O–H groups in total. The van der Waals surface area contributed by atoms with Crippen LogP contribution in [0.5, 0.6) is 5.75 Å². The molecule has 2 heterocycles. The first-order valence-electron chi connectivity index (χ1n) is 6.53. The molecule has 112 valence electrons. The maximum absolute atomic E-state index is 11.8. The minimum Gasteiger partial charge on any atom is -0.491 e. The van der Waals surface area contributed by atoms with Crippen molar-refractivity contribution in [2.75, 3.05) is 38.1 Å². The number of hydrogen-bond acceptors (Lipinski definition) is 6. The van der Waals surface area contributed by atoms with Crippen molar-refractivity contribution in [2.24, 2.45) is 0 Å². The molecule has 1 aromatic carbocycles. The van der Waals surface area contributed by atoms with Crippen molar-refractivity contribution in [1.82, 2.24) is 5.32 Å². The van der Waals surface area contributed by atoms with E-state index in [4.69, 9.17) is 9.47 Å². The second-order valence-electron chi connectivity index (χ2n) is 4.56. The van der Waals surface area contributed by atoms with Gasteiger partial charge in [-0.05, 0) is 12.1 Å². The van der Waals surface area contributed by atoms with Crippen LogP contribution in [0.3, 0.4) is 0 Å². The molecule has 1 fully saturated rings. The number of thioether (sulfide) groups is 2. The fraction of sp³-hybridized carbons (Fsp3) is 0.357. The number of ether oxygens (including phenoxy) is 2. The van der Waals surface area contributed by atoms with E-state index in [0.29, 0.717) is 19.1 Å². The van der Waals surface area contributed by atoms with Gasteiger partial charge in [0.15, 0.2) is 0 Å². The average molecular weight is 324 g/mol.